The lowest BCUT2D eigenvalue weighted by Gasteiger charge is -2.35. The van der Waals surface area contributed by atoms with Gasteiger partial charge in [0.1, 0.15) is 22.2 Å². The highest BCUT2D eigenvalue weighted by molar-refractivity contribution is 7.89. The van der Waals surface area contributed by atoms with Crippen molar-refractivity contribution in [1.29, 1.82) is 0 Å². The zero-order valence-corrected chi connectivity index (χ0v) is 19.1. The highest BCUT2D eigenvalue weighted by Crippen LogP contribution is 2.28. The van der Waals surface area contributed by atoms with Gasteiger partial charge < -0.3 is 19.0 Å². The molecule has 1 aliphatic heterocycles. The van der Waals surface area contributed by atoms with Crippen LogP contribution in [-0.2, 0) is 10.0 Å². The number of H-pyrrole nitrogens is 1. The first-order valence-corrected chi connectivity index (χ1v) is 12.1. The molecular weight excluding hydrogens is 461 g/mol. The summed E-state index contributed by atoms with van der Waals surface area (Å²) in [6, 6.07) is 14.8. The van der Waals surface area contributed by atoms with Gasteiger partial charge in [-0.05, 0) is 42.5 Å². The van der Waals surface area contributed by atoms with E-state index in [1.54, 1.807) is 7.11 Å². The van der Waals surface area contributed by atoms with Crippen LogP contribution < -0.4 is 9.64 Å². The van der Waals surface area contributed by atoms with Crippen LogP contribution >= 0.6 is 0 Å². The molecule has 4 aromatic rings. The number of nitrogens with zero attached hydrogens (tertiary/aromatic N) is 4. The molecule has 176 valence electrons. The van der Waals surface area contributed by atoms with Crippen molar-refractivity contribution in [3.63, 3.8) is 0 Å². The van der Waals surface area contributed by atoms with Gasteiger partial charge in [-0.15, -0.1) is 10.2 Å². The first-order chi connectivity index (χ1) is 16.4. The van der Waals surface area contributed by atoms with E-state index in [1.807, 2.05) is 24.3 Å². The first-order valence-electron chi connectivity index (χ1n) is 10.6. The van der Waals surface area contributed by atoms with Gasteiger partial charge in [-0.1, -0.05) is 6.07 Å². The third-order valence-corrected chi connectivity index (χ3v) is 7.57. The van der Waals surface area contributed by atoms with Crippen molar-refractivity contribution in [2.45, 2.75) is 4.90 Å². The molecule has 1 saturated heterocycles. The monoisotopic (exact) mass is 483 g/mol. The summed E-state index contributed by atoms with van der Waals surface area (Å²) in [6.07, 6.45) is 1.42. The van der Waals surface area contributed by atoms with E-state index in [0.717, 1.165) is 11.4 Å². The van der Waals surface area contributed by atoms with E-state index in [9.17, 15) is 12.8 Å². The Bertz CT molecular complexity index is 1390. The van der Waals surface area contributed by atoms with Gasteiger partial charge >= 0.3 is 0 Å². The zero-order valence-electron chi connectivity index (χ0n) is 18.3. The SMILES string of the molecule is COc1cccc(N2CCN(S(=O)(=O)c3c[nH]c(-c4nnc(-c5ccc(F)cc5)o4)c3)CC2)c1. The summed E-state index contributed by atoms with van der Waals surface area (Å²) < 4.78 is 51.9. The van der Waals surface area contributed by atoms with Gasteiger partial charge in [0.05, 0.1) is 7.11 Å². The van der Waals surface area contributed by atoms with Crippen molar-refractivity contribution in [1.82, 2.24) is 19.5 Å². The highest BCUT2D eigenvalue weighted by atomic mass is 32.2. The van der Waals surface area contributed by atoms with E-state index >= 15 is 0 Å². The van der Waals surface area contributed by atoms with E-state index in [0.29, 0.717) is 37.4 Å². The number of hydrogen-bond acceptors (Lipinski definition) is 7. The molecule has 0 bridgehead atoms. The summed E-state index contributed by atoms with van der Waals surface area (Å²) in [4.78, 5) is 5.16. The Labute approximate surface area is 195 Å². The van der Waals surface area contributed by atoms with E-state index in [1.165, 1.54) is 40.8 Å². The van der Waals surface area contributed by atoms with Gasteiger partial charge in [0.15, 0.2) is 0 Å². The van der Waals surface area contributed by atoms with Crippen LogP contribution in [0.25, 0.3) is 23.0 Å². The summed E-state index contributed by atoms with van der Waals surface area (Å²) in [6.45, 7) is 1.84. The number of halogens is 1. The maximum absolute atomic E-state index is 13.2. The van der Waals surface area contributed by atoms with Crippen LogP contribution in [0.2, 0.25) is 0 Å². The van der Waals surface area contributed by atoms with Gasteiger partial charge in [0.2, 0.25) is 15.9 Å². The van der Waals surface area contributed by atoms with Crippen molar-refractivity contribution in [3.05, 3.63) is 66.6 Å². The van der Waals surface area contributed by atoms with Gasteiger partial charge in [0, 0.05) is 49.7 Å². The molecule has 1 fully saturated rings. The Morgan fingerprint density at radius 2 is 1.74 bits per heavy atom. The minimum absolute atomic E-state index is 0.124. The fourth-order valence-electron chi connectivity index (χ4n) is 3.83. The third kappa shape index (κ3) is 4.27. The molecular formula is C23H22FN5O4S. The minimum atomic E-state index is -3.70. The fraction of sp³-hybridized carbons (Fsp3) is 0.217. The topological polar surface area (TPSA) is 105 Å². The lowest BCUT2D eigenvalue weighted by atomic mass is 10.2. The molecule has 5 rings (SSSR count). The molecule has 1 aliphatic rings. The van der Waals surface area contributed by atoms with Gasteiger partial charge in [-0.25, -0.2) is 12.8 Å². The Morgan fingerprint density at radius 3 is 2.47 bits per heavy atom. The molecule has 2 aromatic carbocycles. The molecule has 9 nitrogen and oxygen atoms in total. The normalized spacial score (nSPS) is 14.9. The lowest BCUT2D eigenvalue weighted by Crippen LogP contribution is -2.48. The van der Waals surface area contributed by atoms with E-state index in [4.69, 9.17) is 9.15 Å². The van der Waals surface area contributed by atoms with Crippen molar-refractivity contribution >= 4 is 15.7 Å². The summed E-state index contributed by atoms with van der Waals surface area (Å²) in [5, 5.41) is 7.95. The predicted molar refractivity (Wildman–Crippen MR) is 123 cm³/mol. The number of hydrogen-bond donors (Lipinski definition) is 1. The molecule has 11 heteroatoms. The smallest absolute Gasteiger partial charge is 0.264 e. The largest absolute Gasteiger partial charge is 0.497 e. The van der Waals surface area contributed by atoms with E-state index < -0.39 is 10.0 Å². The van der Waals surface area contributed by atoms with Crippen LogP contribution in [0.15, 0.2) is 70.1 Å². The molecule has 0 spiro atoms. The van der Waals surface area contributed by atoms with Crippen LogP contribution in [-0.4, -0.2) is 61.2 Å². The average molecular weight is 484 g/mol. The summed E-state index contributed by atoms with van der Waals surface area (Å²) in [7, 11) is -2.08. The molecule has 0 saturated carbocycles. The van der Waals surface area contributed by atoms with Gasteiger partial charge in [-0.2, -0.15) is 4.31 Å². The molecule has 3 heterocycles. The predicted octanol–water partition coefficient (Wildman–Crippen LogP) is 3.39. The molecule has 1 N–H and O–H groups in total. The number of piperazine rings is 1. The molecule has 0 atom stereocenters. The van der Waals surface area contributed by atoms with Gasteiger partial charge in [-0.3, -0.25) is 0 Å². The number of benzene rings is 2. The number of ether oxygens (including phenoxy) is 1. The van der Waals surface area contributed by atoms with E-state index in [2.05, 4.69) is 20.1 Å². The van der Waals surface area contributed by atoms with Crippen LogP contribution in [0.3, 0.4) is 0 Å². The second-order valence-corrected chi connectivity index (χ2v) is 9.70. The highest BCUT2D eigenvalue weighted by Gasteiger charge is 2.30. The number of methoxy groups -OCH3 is 1. The van der Waals surface area contributed by atoms with Crippen molar-refractivity contribution in [2.24, 2.45) is 0 Å². The summed E-state index contributed by atoms with van der Waals surface area (Å²) in [5.41, 5.74) is 1.94. The van der Waals surface area contributed by atoms with Gasteiger partial charge in [0.25, 0.3) is 5.89 Å². The number of aromatic nitrogens is 3. The molecule has 0 aliphatic carbocycles. The molecule has 0 unspecified atom stereocenters. The molecule has 2 aromatic heterocycles. The van der Waals surface area contributed by atoms with E-state index in [-0.39, 0.29) is 22.5 Å². The molecule has 0 amide bonds. The average Bonchev–Trinajstić information content (AvgIpc) is 3.55. The zero-order chi connectivity index (χ0) is 23.7. The summed E-state index contributed by atoms with van der Waals surface area (Å²) >= 11 is 0. The van der Waals surface area contributed by atoms with Crippen molar-refractivity contribution < 1.29 is 22.0 Å². The van der Waals surface area contributed by atoms with Crippen LogP contribution in [0, 0.1) is 5.82 Å². The Hall–Kier alpha value is -3.70. The number of rotatable bonds is 6. The van der Waals surface area contributed by atoms with Crippen LogP contribution in [0.1, 0.15) is 0 Å². The Balaban J connectivity index is 1.29. The first kappa shape index (κ1) is 22.1. The second kappa shape index (κ2) is 8.92. The fourth-order valence-corrected chi connectivity index (χ4v) is 5.25. The quantitative estimate of drug-likeness (QED) is 0.448. The number of aromatic amines is 1. The van der Waals surface area contributed by atoms with Crippen LogP contribution in [0.5, 0.6) is 5.75 Å². The van der Waals surface area contributed by atoms with Crippen LogP contribution in [0.4, 0.5) is 10.1 Å². The van der Waals surface area contributed by atoms with Crippen molar-refractivity contribution in [3.8, 4) is 28.8 Å². The second-order valence-electron chi connectivity index (χ2n) is 7.76. The summed E-state index contributed by atoms with van der Waals surface area (Å²) in [5.74, 6) is 0.745. The Kier molecular flexibility index (Phi) is 5.80. The minimum Gasteiger partial charge on any atom is -0.497 e. The molecule has 0 radical (unpaired) electrons. The number of anilines is 1. The van der Waals surface area contributed by atoms with Crippen molar-refractivity contribution in [2.75, 3.05) is 38.2 Å². The number of nitrogens with one attached hydrogen (secondary N) is 1. The molecule has 34 heavy (non-hydrogen) atoms. The lowest BCUT2D eigenvalue weighted by molar-refractivity contribution is 0.384. The standard InChI is InChI=1S/C23H22FN5O4S/c1-32-19-4-2-3-18(13-19)28-9-11-29(12-10-28)34(30,31)20-14-21(25-15-20)23-27-26-22(33-23)16-5-7-17(24)8-6-16/h2-8,13-15,25H,9-12H2,1H3. The Morgan fingerprint density at radius 1 is 1.00 bits per heavy atom. The third-order valence-electron chi connectivity index (χ3n) is 5.70. The maximum Gasteiger partial charge on any atom is 0.264 e. The maximum atomic E-state index is 13.2. The number of sulfonamides is 1.